The number of benzene rings is 1. The zero-order valence-corrected chi connectivity index (χ0v) is 14.0. The van der Waals surface area contributed by atoms with Gasteiger partial charge in [0, 0.05) is 48.5 Å². The van der Waals surface area contributed by atoms with Crippen LogP contribution in [0.15, 0.2) is 30.5 Å². The Hall–Kier alpha value is -1.98. The number of carbonyl (C=O) groups excluding carboxylic acids is 1. The first-order chi connectivity index (χ1) is 11.7. The van der Waals surface area contributed by atoms with E-state index in [2.05, 4.69) is 9.97 Å². The Labute approximate surface area is 145 Å². The van der Waals surface area contributed by atoms with Crippen molar-refractivity contribution in [2.45, 2.75) is 31.9 Å². The van der Waals surface area contributed by atoms with Gasteiger partial charge in [0.1, 0.15) is 6.10 Å². The van der Waals surface area contributed by atoms with Gasteiger partial charge < -0.3 is 9.64 Å². The summed E-state index contributed by atoms with van der Waals surface area (Å²) in [5.74, 6) is 0.796. The zero-order valence-electron chi connectivity index (χ0n) is 13.2. The summed E-state index contributed by atoms with van der Waals surface area (Å²) < 4.78 is 5.51. The minimum Gasteiger partial charge on any atom is -0.368 e. The number of fused-ring (bicyclic) bond motifs is 1. The molecule has 1 aromatic carbocycles. The van der Waals surface area contributed by atoms with Crippen molar-refractivity contribution in [3.8, 4) is 11.4 Å². The number of amides is 1. The molecule has 3 heterocycles. The summed E-state index contributed by atoms with van der Waals surface area (Å²) in [4.78, 5) is 23.5. The number of rotatable bonds is 2. The summed E-state index contributed by atoms with van der Waals surface area (Å²) in [5, 5.41) is 0.694. The molecule has 0 N–H and O–H groups in total. The fourth-order valence-electron chi connectivity index (χ4n) is 3.22. The SMILES string of the molecule is O=C([C@H]1CCCO1)N1CCc2nc(-c3ccc(Cl)cc3)ncc2C1. The molecule has 2 aliphatic rings. The van der Waals surface area contributed by atoms with Crippen LogP contribution in [0.2, 0.25) is 5.02 Å². The monoisotopic (exact) mass is 343 g/mol. The molecule has 5 nitrogen and oxygen atoms in total. The quantitative estimate of drug-likeness (QED) is 0.841. The molecular formula is C18H18ClN3O2. The fourth-order valence-corrected chi connectivity index (χ4v) is 3.34. The maximum atomic E-state index is 12.5. The highest BCUT2D eigenvalue weighted by atomic mass is 35.5. The second-order valence-electron chi connectivity index (χ2n) is 6.18. The summed E-state index contributed by atoms with van der Waals surface area (Å²) in [6.07, 6.45) is 4.11. The van der Waals surface area contributed by atoms with Crippen molar-refractivity contribution in [3.63, 3.8) is 0 Å². The first-order valence-electron chi connectivity index (χ1n) is 8.22. The van der Waals surface area contributed by atoms with Gasteiger partial charge in [0.05, 0.1) is 5.69 Å². The average Bonchev–Trinajstić information content (AvgIpc) is 3.15. The summed E-state index contributed by atoms with van der Waals surface area (Å²) in [7, 11) is 0. The molecule has 0 aliphatic carbocycles. The Morgan fingerprint density at radius 3 is 2.88 bits per heavy atom. The maximum Gasteiger partial charge on any atom is 0.252 e. The minimum atomic E-state index is -0.263. The van der Waals surface area contributed by atoms with E-state index in [0.29, 0.717) is 30.5 Å². The Bertz CT molecular complexity index is 757. The van der Waals surface area contributed by atoms with Crippen LogP contribution >= 0.6 is 11.6 Å². The molecule has 24 heavy (non-hydrogen) atoms. The molecule has 6 heteroatoms. The Morgan fingerprint density at radius 1 is 1.29 bits per heavy atom. The van der Waals surface area contributed by atoms with Gasteiger partial charge in [-0.2, -0.15) is 0 Å². The van der Waals surface area contributed by atoms with Crippen molar-refractivity contribution in [2.75, 3.05) is 13.2 Å². The number of hydrogen-bond donors (Lipinski definition) is 0. The van der Waals surface area contributed by atoms with Gasteiger partial charge in [-0.15, -0.1) is 0 Å². The van der Waals surface area contributed by atoms with Gasteiger partial charge in [-0.05, 0) is 37.1 Å². The van der Waals surface area contributed by atoms with E-state index in [-0.39, 0.29) is 12.0 Å². The van der Waals surface area contributed by atoms with Crippen molar-refractivity contribution in [1.29, 1.82) is 0 Å². The number of hydrogen-bond acceptors (Lipinski definition) is 4. The van der Waals surface area contributed by atoms with Crippen molar-refractivity contribution in [3.05, 3.63) is 46.7 Å². The van der Waals surface area contributed by atoms with Crippen molar-refractivity contribution < 1.29 is 9.53 Å². The molecule has 1 fully saturated rings. The molecule has 1 amide bonds. The van der Waals surface area contributed by atoms with Crippen LogP contribution in [-0.2, 0) is 22.5 Å². The van der Waals surface area contributed by atoms with Gasteiger partial charge in [0.2, 0.25) is 0 Å². The third kappa shape index (κ3) is 3.01. The number of aromatic nitrogens is 2. The van der Waals surface area contributed by atoms with Gasteiger partial charge in [-0.3, -0.25) is 4.79 Å². The normalized spacial score (nSPS) is 20.0. The lowest BCUT2D eigenvalue weighted by Gasteiger charge is -2.30. The summed E-state index contributed by atoms with van der Waals surface area (Å²) in [6.45, 7) is 1.94. The molecule has 1 aromatic heterocycles. The molecule has 0 unspecified atom stereocenters. The largest absolute Gasteiger partial charge is 0.368 e. The van der Waals surface area contributed by atoms with Gasteiger partial charge >= 0.3 is 0 Å². The molecule has 0 saturated carbocycles. The van der Waals surface area contributed by atoms with E-state index in [1.54, 1.807) is 0 Å². The third-order valence-corrected chi connectivity index (χ3v) is 4.81. The number of nitrogens with zero attached hydrogens (tertiary/aromatic N) is 3. The first kappa shape index (κ1) is 15.5. The molecule has 2 aliphatic heterocycles. The van der Waals surface area contributed by atoms with E-state index in [1.165, 1.54) is 0 Å². The third-order valence-electron chi connectivity index (χ3n) is 4.55. The molecule has 0 radical (unpaired) electrons. The standard InChI is InChI=1S/C18H18ClN3O2/c19-14-5-3-12(4-6-14)17-20-10-13-11-22(8-7-15(13)21-17)18(23)16-2-1-9-24-16/h3-6,10,16H,1-2,7-9,11H2/t16-/m1/s1. The number of carbonyl (C=O) groups is 1. The van der Waals surface area contributed by atoms with E-state index in [0.717, 1.165) is 36.1 Å². The van der Waals surface area contributed by atoms with Gasteiger partial charge in [-0.1, -0.05) is 11.6 Å². The lowest BCUT2D eigenvalue weighted by Crippen LogP contribution is -2.42. The van der Waals surface area contributed by atoms with Crippen LogP contribution in [0.4, 0.5) is 0 Å². The van der Waals surface area contributed by atoms with Crippen LogP contribution in [0, 0.1) is 0 Å². The van der Waals surface area contributed by atoms with Crippen LogP contribution < -0.4 is 0 Å². The Balaban J connectivity index is 1.53. The van der Waals surface area contributed by atoms with Gasteiger partial charge in [0.25, 0.3) is 5.91 Å². The molecule has 124 valence electrons. The van der Waals surface area contributed by atoms with Crippen molar-refractivity contribution in [2.24, 2.45) is 0 Å². The molecule has 0 bridgehead atoms. The molecule has 2 aromatic rings. The Kier molecular flexibility index (Phi) is 4.21. The van der Waals surface area contributed by atoms with Gasteiger partial charge in [-0.25, -0.2) is 9.97 Å². The topological polar surface area (TPSA) is 55.3 Å². The smallest absolute Gasteiger partial charge is 0.252 e. The van der Waals surface area contributed by atoms with Crippen molar-refractivity contribution in [1.82, 2.24) is 14.9 Å². The minimum absolute atomic E-state index is 0.0972. The van der Waals surface area contributed by atoms with Crippen LogP contribution in [0.25, 0.3) is 11.4 Å². The van der Waals surface area contributed by atoms with E-state index < -0.39 is 0 Å². The van der Waals surface area contributed by atoms with E-state index in [1.807, 2.05) is 35.4 Å². The van der Waals surface area contributed by atoms with Crippen LogP contribution in [0.1, 0.15) is 24.1 Å². The summed E-state index contributed by atoms with van der Waals surface area (Å²) in [5.41, 5.74) is 2.98. The average molecular weight is 344 g/mol. The lowest BCUT2D eigenvalue weighted by atomic mass is 10.1. The second kappa shape index (κ2) is 6.49. The molecule has 4 rings (SSSR count). The highest BCUT2D eigenvalue weighted by Gasteiger charge is 2.30. The highest BCUT2D eigenvalue weighted by molar-refractivity contribution is 6.30. The van der Waals surface area contributed by atoms with E-state index >= 15 is 0 Å². The van der Waals surface area contributed by atoms with E-state index in [4.69, 9.17) is 16.3 Å². The fraction of sp³-hybridized carbons (Fsp3) is 0.389. The molecule has 1 saturated heterocycles. The summed E-state index contributed by atoms with van der Waals surface area (Å²) >= 11 is 5.93. The lowest BCUT2D eigenvalue weighted by molar-refractivity contribution is -0.141. The predicted octanol–water partition coefficient (Wildman–Crippen LogP) is 2.86. The van der Waals surface area contributed by atoms with Gasteiger partial charge in [0.15, 0.2) is 5.82 Å². The molecular weight excluding hydrogens is 326 g/mol. The molecule has 0 spiro atoms. The number of halogens is 1. The highest BCUT2D eigenvalue weighted by Crippen LogP contribution is 2.24. The molecule has 1 atom stereocenters. The second-order valence-corrected chi connectivity index (χ2v) is 6.62. The van der Waals surface area contributed by atoms with Crippen LogP contribution in [0.5, 0.6) is 0 Å². The zero-order chi connectivity index (χ0) is 16.5. The Morgan fingerprint density at radius 2 is 2.12 bits per heavy atom. The number of ether oxygens (including phenoxy) is 1. The summed E-state index contributed by atoms with van der Waals surface area (Å²) in [6, 6.07) is 7.50. The van der Waals surface area contributed by atoms with Crippen LogP contribution in [0.3, 0.4) is 0 Å². The van der Waals surface area contributed by atoms with E-state index in [9.17, 15) is 4.79 Å². The van der Waals surface area contributed by atoms with Crippen molar-refractivity contribution >= 4 is 17.5 Å². The first-order valence-corrected chi connectivity index (χ1v) is 8.59. The maximum absolute atomic E-state index is 12.5. The predicted molar refractivity (Wildman–Crippen MR) is 90.6 cm³/mol. The van der Waals surface area contributed by atoms with Crippen LogP contribution in [-0.4, -0.2) is 40.0 Å².